The highest BCUT2D eigenvalue weighted by Gasteiger charge is 2.23. The topological polar surface area (TPSA) is 80.9 Å². The van der Waals surface area contributed by atoms with Crippen LogP contribution in [-0.2, 0) is 0 Å². The Labute approximate surface area is 121 Å². The third-order valence-electron chi connectivity index (χ3n) is 3.21. The Morgan fingerprint density at radius 3 is 2.95 bits per heavy atom. The van der Waals surface area contributed by atoms with Crippen LogP contribution in [0.2, 0.25) is 0 Å². The molecular weight excluding hydrogens is 272 g/mol. The van der Waals surface area contributed by atoms with Crippen LogP contribution in [0.25, 0.3) is 0 Å². The standard InChI is InChI=1S/C14H14N4OS/c15-13-12(16-6-7-17-13)14(19)18-10-5-8-20-11-4-2-1-3-9(10)11/h1-4,6-7,10H,5,8H2,(H2,15,17)(H,18,19)/t10-/m1/s1. The molecule has 20 heavy (non-hydrogen) atoms. The molecule has 102 valence electrons. The van der Waals surface area contributed by atoms with Crippen molar-refractivity contribution < 1.29 is 4.79 Å². The van der Waals surface area contributed by atoms with Crippen LogP contribution in [0.5, 0.6) is 0 Å². The van der Waals surface area contributed by atoms with Gasteiger partial charge in [0.15, 0.2) is 11.5 Å². The molecule has 2 heterocycles. The number of nitrogen functional groups attached to an aromatic ring is 1. The summed E-state index contributed by atoms with van der Waals surface area (Å²) in [5.74, 6) is 0.864. The van der Waals surface area contributed by atoms with E-state index >= 15 is 0 Å². The van der Waals surface area contributed by atoms with Gasteiger partial charge in [-0.05, 0) is 18.1 Å². The summed E-state index contributed by atoms with van der Waals surface area (Å²) < 4.78 is 0. The molecule has 3 N–H and O–H groups in total. The summed E-state index contributed by atoms with van der Waals surface area (Å²) in [7, 11) is 0. The number of aromatic nitrogens is 2. The van der Waals surface area contributed by atoms with E-state index in [0.29, 0.717) is 0 Å². The van der Waals surface area contributed by atoms with E-state index in [9.17, 15) is 4.79 Å². The molecule has 0 saturated carbocycles. The van der Waals surface area contributed by atoms with Gasteiger partial charge >= 0.3 is 0 Å². The van der Waals surface area contributed by atoms with Crippen LogP contribution >= 0.6 is 11.8 Å². The largest absolute Gasteiger partial charge is 0.382 e. The van der Waals surface area contributed by atoms with Crippen molar-refractivity contribution in [2.24, 2.45) is 0 Å². The second kappa shape index (κ2) is 5.50. The molecule has 3 rings (SSSR count). The van der Waals surface area contributed by atoms with E-state index < -0.39 is 0 Å². The highest BCUT2D eigenvalue weighted by molar-refractivity contribution is 7.99. The Morgan fingerprint density at radius 1 is 1.30 bits per heavy atom. The van der Waals surface area contributed by atoms with Crippen LogP contribution < -0.4 is 11.1 Å². The lowest BCUT2D eigenvalue weighted by molar-refractivity contribution is 0.0930. The molecule has 1 aromatic heterocycles. The number of carbonyl (C=O) groups is 1. The van der Waals surface area contributed by atoms with E-state index in [4.69, 9.17) is 5.73 Å². The number of anilines is 1. The van der Waals surface area contributed by atoms with Gasteiger partial charge in [-0.2, -0.15) is 0 Å². The van der Waals surface area contributed by atoms with Crippen molar-refractivity contribution in [3.63, 3.8) is 0 Å². The summed E-state index contributed by atoms with van der Waals surface area (Å²) in [5, 5.41) is 3.00. The summed E-state index contributed by atoms with van der Waals surface area (Å²) in [4.78, 5) is 21.3. The van der Waals surface area contributed by atoms with Crippen LogP contribution in [0.3, 0.4) is 0 Å². The molecule has 0 bridgehead atoms. The molecule has 0 spiro atoms. The van der Waals surface area contributed by atoms with Gasteiger partial charge in [-0.15, -0.1) is 11.8 Å². The van der Waals surface area contributed by atoms with Crippen molar-refractivity contribution in [1.82, 2.24) is 15.3 Å². The molecular formula is C14H14N4OS. The van der Waals surface area contributed by atoms with Crippen LogP contribution in [0, 0.1) is 0 Å². The van der Waals surface area contributed by atoms with Gasteiger partial charge in [0, 0.05) is 23.0 Å². The quantitative estimate of drug-likeness (QED) is 0.883. The van der Waals surface area contributed by atoms with Crippen LogP contribution in [0.1, 0.15) is 28.5 Å². The number of benzene rings is 1. The third-order valence-corrected chi connectivity index (χ3v) is 4.33. The van der Waals surface area contributed by atoms with Gasteiger partial charge in [0.25, 0.3) is 5.91 Å². The zero-order valence-corrected chi connectivity index (χ0v) is 11.6. The van der Waals surface area contributed by atoms with Crippen LogP contribution in [0.4, 0.5) is 5.82 Å². The molecule has 0 radical (unpaired) electrons. The van der Waals surface area contributed by atoms with Crippen molar-refractivity contribution in [2.45, 2.75) is 17.4 Å². The predicted molar refractivity (Wildman–Crippen MR) is 78.4 cm³/mol. The monoisotopic (exact) mass is 286 g/mol. The number of hydrogen-bond donors (Lipinski definition) is 2. The van der Waals surface area contributed by atoms with E-state index in [1.165, 1.54) is 17.3 Å². The smallest absolute Gasteiger partial charge is 0.274 e. The van der Waals surface area contributed by atoms with Gasteiger partial charge in [-0.25, -0.2) is 9.97 Å². The predicted octanol–water partition coefficient (Wildman–Crippen LogP) is 2.03. The van der Waals surface area contributed by atoms with E-state index in [-0.39, 0.29) is 23.5 Å². The number of hydrogen-bond acceptors (Lipinski definition) is 5. The lowest BCUT2D eigenvalue weighted by Crippen LogP contribution is -2.31. The van der Waals surface area contributed by atoms with Gasteiger partial charge < -0.3 is 11.1 Å². The number of amides is 1. The van der Waals surface area contributed by atoms with Gasteiger partial charge in [0.2, 0.25) is 0 Å². The van der Waals surface area contributed by atoms with Crippen molar-refractivity contribution in [2.75, 3.05) is 11.5 Å². The van der Waals surface area contributed by atoms with Crippen molar-refractivity contribution in [3.8, 4) is 0 Å². The number of nitrogens with one attached hydrogen (secondary N) is 1. The minimum atomic E-state index is -0.276. The highest BCUT2D eigenvalue weighted by atomic mass is 32.2. The lowest BCUT2D eigenvalue weighted by atomic mass is 10.0. The Hall–Kier alpha value is -2.08. The van der Waals surface area contributed by atoms with Gasteiger partial charge in [0.1, 0.15) is 0 Å². The Balaban J connectivity index is 1.83. The fourth-order valence-electron chi connectivity index (χ4n) is 2.24. The molecule has 0 saturated heterocycles. The first-order valence-corrected chi connectivity index (χ1v) is 7.33. The molecule has 1 aliphatic heterocycles. The van der Waals surface area contributed by atoms with E-state index in [1.807, 2.05) is 30.0 Å². The third kappa shape index (κ3) is 2.46. The van der Waals surface area contributed by atoms with E-state index in [1.54, 1.807) is 0 Å². The molecule has 0 aliphatic carbocycles. The van der Waals surface area contributed by atoms with Crippen LogP contribution in [0.15, 0.2) is 41.6 Å². The zero-order valence-electron chi connectivity index (χ0n) is 10.7. The molecule has 5 nitrogen and oxygen atoms in total. The molecule has 1 atom stereocenters. The normalized spacial score (nSPS) is 17.3. The maximum atomic E-state index is 12.2. The Morgan fingerprint density at radius 2 is 2.10 bits per heavy atom. The maximum Gasteiger partial charge on any atom is 0.274 e. The summed E-state index contributed by atoms with van der Waals surface area (Å²) in [6.45, 7) is 0. The Bertz CT molecular complexity index is 647. The highest BCUT2D eigenvalue weighted by Crippen LogP contribution is 2.35. The second-order valence-corrected chi connectivity index (χ2v) is 5.63. The summed E-state index contributed by atoms with van der Waals surface area (Å²) in [5.41, 5.74) is 7.02. The number of carbonyl (C=O) groups excluding carboxylic acids is 1. The van der Waals surface area contributed by atoms with Gasteiger partial charge in [-0.3, -0.25) is 4.79 Å². The zero-order chi connectivity index (χ0) is 13.9. The number of nitrogens with two attached hydrogens (primary N) is 1. The minimum absolute atomic E-state index is 0.00126. The molecule has 0 fully saturated rings. The summed E-state index contributed by atoms with van der Waals surface area (Å²) >= 11 is 1.81. The van der Waals surface area contributed by atoms with Crippen molar-refractivity contribution in [1.29, 1.82) is 0 Å². The van der Waals surface area contributed by atoms with E-state index in [0.717, 1.165) is 17.7 Å². The fraction of sp³-hybridized carbons (Fsp3) is 0.214. The molecule has 0 unspecified atom stereocenters. The maximum absolute atomic E-state index is 12.2. The van der Waals surface area contributed by atoms with E-state index in [2.05, 4.69) is 21.4 Å². The Kier molecular flexibility index (Phi) is 3.56. The summed E-state index contributed by atoms with van der Waals surface area (Å²) in [6.07, 6.45) is 3.84. The van der Waals surface area contributed by atoms with Crippen LogP contribution in [-0.4, -0.2) is 21.6 Å². The lowest BCUT2D eigenvalue weighted by Gasteiger charge is -2.25. The van der Waals surface area contributed by atoms with Crippen molar-refractivity contribution in [3.05, 3.63) is 47.9 Å². The molecule has 1 aromatic carbocycles. The van der Waals surface area contributed by atoms with Gasteiger partial charge in [0.05, 0.1) is 6.04 Å². The SMILES string of the molecule is Nc1nccnc1C(=O)N[C@@H]1CCSc2ccccc21. The average molecular weight is 286 g/mol. The molecule has 2 aromatic rings. The molecule has 6 heteroatoms. The first-order valence-electron chi connectivity index (χ1n) is 6.35. The number of nitrogens with zero attached hydrogens (tertiary/aromatic N) is 2. The first kappa shape index (κ1) is 12.9. The molecule has 1 amide bonds. The van der Waals surface area contributed by atoms with Gasteiger partial charge in [-0.1, -0.05) is 18.2 Å². The molecule has 1 aliphatic rings. The second-order valence-electron chi connectivity index (χ2n) is 4.49. The number of thioether (sulfide) groups is 1. The fourth-order valence-corrected chi connectivity index (χ4v) is 3.37. The first-order chi connectivity index (χ1) is 9.75. The minimum Gasteiger partial charge on any atom is -0.382 e. The summed E-state index contributed by atoms with van der Waals surface area (Å²) in [6, 6.07) is 8.12. The average Bonchev–Trinajstić information content (AvgIpc) is 2.48. The number of fused-ring (bicyclic) bond motifs is 1. The number of rotatable bonds is 2. The van der Waals surface area contributed by atoms with Crippen molar-refractivity contribution >= 4 is 23.5 Å².